The lowest BCUT2D eigenvalue weighted by molar-refractivity contribution is 0.101. The van der Waals surface area contributed by atoms with E-state index in [-0.39, 0.29) is 46.8 Å². The molecular formula is C27H32O7. The van der Waals surface area contributed by atoms with Gasteiger partial charge in [0.05, 0.1) is 5.56 Å². The zero-order valence-corrected chi connectivity index (χ0v) is 20.4. The van der Waals surface area contributed by atoms with Crippen molar-refractivity contribution >= 4 is 5.78 Å². The maximum atomic E-state index is 12.6. The van der Waals surface area contributed by atoms with E-state index >= 15 is 0 Å². The number of rotatable bonds is 8. The first-order valence-corrected chi connectivity index (χ1v) is 11.4. The molecule has 1 aromatic heterocycles. The average Bonchev–Trinajstić information content (AvgIpc) is 3.21. The topological polar surface area (TPSA) is 117 Å². The number of allylic oxidation sites excluding steroid dienone is 2. The second-order valence-corrected chi connectivity index (χ2v) is 9.00. The highest BCUT2D eigenvalue weighted by molar-refractivity contribution is 6.01. The lowest BCUT2D eigenvalue weighted by Crippen LogP contribution is -2.16. The number of aromatic hydroxyl groups is 3. The summed E-state index contributed by atoms with van der Waals surface area (Å²) in [5.74, 6) is -0.991. The Morgan fingerprint density at radius 3 is 2.38 bits per heavy atom. The van der Waals surface area contributed by atoms with Gasteiger partial charge in [-0.15, -0.1) is 0 Å². The van der Waals surface area contributed by atoms with E-state index in [4.69, 9.17) is 9.15 Å². The molecule has 2 aromatic rings. The Morgan fingerprint density at radius 2 is 1.79 bits per heavy atom. The van der Waals surface area contributed by atoms with Crippen LogP contribution in [0.1, 0.15) is 78.9 Å². The minimum Gasteiger partial charge on any atom is -0.507 e. The summed E-state index contributed by atoms with van der Waals surface area (Å²) < 4.78 is 11.5. The Hall–Kier alpha value is -3.48. The standard InChI is InChI=1S/C27H32O7/c1-7-20-15(5)23(29)19(27(32)34-20)11-17-24(30)22(16(6)28)25(31)18-12-21(33-26(17)18)14(4)10-8-9-13(2)3/h9,21,29-31H,4,7-8,10-12H2,1-3,5-6H3. The van der Waals surface area contributed by atoms with Crippen molar-refractivity contribution in [1.29, 1.82) is 0 Å². The molecule has 34 heavy (non-hydrogen) atoms. The summed E-state index contributed by atoms with van der Waals surface area (Å²) in [6, 6.07) is 0. The summed E-state index contributed by atoms with van der Waals surface area (Å²) >= 11 is 0. The van der Waals surface area contributed by atoms with E-state index in [9.17, 15) is 24.9 Å². The predicted octanol–water partition coefficient (Wildman–Crippen LogP) is 5.03. The molecule has 3 N–H and O–H groups in total. The Morgan fingerprint density at radius 1 is 1.12 bits per heavy atom. The minimum atomic E-state index is -0.730. The van der Waals surface area contributed by atoms with Crippen molar-refractivity contribution in [2.45, 2.75) is 72.8 Å². The number of hydrogen-bond donors (Lipinski definition) is 3. The van der Waals surface area contributed by atoms with Crippen molar-refractivity contribution < 1.29 is 29.3 Å². The third-order valence-corrected chi connectivity index (χ3v) is 6.26. The molecule has 1 aliphatic heterocycles. The highest BCUT2D eigenvalue weighted by Gasteiger charge is 2.36. The van der Waals surface area contributed by atoms with Gasteiger partial charge in [0, 0.05) is 36.0 Å². The van der Waals surface area contributed by atoms with Crippen LogP contribution in [-0.4, -0.2) is 27.2 Å². The summed E-state index contributed by atoms with van der Waals surface area (Å²) in [6.45, 7) is 12.8. The number of benzene rings is 1. The number of carbonyl (C=O) groups excluding carboxylic acids is 1. The summed E-state index contributed by atoms with van der Waals surface area (Å²) in [6.07, 6.45) is 3.58. The first kappa shape index (κ1) is 25.1. The summed E-state index contributed by atoms with van der Waals surface area (Å²) in [7, 11) is 0. The number of aryl methyl sites for hydroxylation is 1. The van der Waals surface area contributed by atoms with Crippen LogP contribution in [0.25, 0.3) is 0 Å². The largest absolute Gasteiger partial charge is 0.507 e. The first-order valence-electron chi connectivity index (χ1n) is 11.4. The van der Waals surface area contributed by atoms with Gasteiger partial charge >= 0.3 is 5.63 Å². The Kier molecular flexibility index (Phi) is 7.24. The second-order valence-electron chi connectivity index (χ2n) is 9.00. The van der Waals surface area contributed by atoms with Crippen molar-refractivity contribution in [3.8, 4) is 23.0 Å². The van der Waals surface area contributed by atoms with Gasteiger partial charge < -0.3 is 24.5 Å². The molecular weight excluding hydrogens is 436 g/mol. The van der Waals surface area contributed by atoms with Crippen molar-refractivity contribution in [3.63, 3.8) is 0 Å². The molecule has 0 radical (unpaired) electrons. The number of phenolic OH excluding ortho intramolecular Hbond substituents is 2. The lowest BCUT2D eigenvalue weighted by Gasteiger charge is -2.17. The third kappa shape index (κ3) is 4.60. The maximum Gasteiger partial charge on any atom is 0.343 e. The van der Waals surface area contributed by atoms with E-state index in [1.807, 2.05) is 13.8 Å². The van der Waals surface area contributed by atoms with Gasteiger partial charge in [-0.2, -0.15) is 0 Å². The molecule has 1 aliphatic rings. The molecule has 0 aliphatic carbocycles. The van der Waals surface area contributed by atoms with Gasteiger partial charge in [0.1, 0.15) is 40.4 Å². The van der Waals surface area contributed by atoms with Crippen LogP contribution in [0.4, 0.5) is 0 Å². The molecule has 1 unspecified atom stereocenters. The van der Waals surface area contributed by atoms with Gasteiger partial charge in [0.2, 0.25) is 0 Å². The lowest BCUT2D eigenvalue weighted by atomic mass is 9.92. The van der Waals surface area contributed by atoms with Crippen molar-refractivity contribution in [1.82, 2.24) is 0 Å². The van der Waals surface area contributed by atoms with Crippen LogP contribution in [0.3, 0.4) is 0 Å². The number of phenols is 2. The normalized spacial score (nSPS) is 14.4. The molecule has 0 spiro atoms. The van der Waals surface area contributed by atoms with E-state index in [0.29, 0.717) is 29.7 Å². The summed E-state index contributed by atoms with van der Waals surface area (Å²) in [5.41, 5.74) is 1.94. The molecule has 1 atom stereocenters. The SMILES string of the molecule is C=C(CCC=C(C)C)C1Cc2c(O)c(C(C)=O)c(O)c(Cc3c(O)c(C)c(CC)oc3=O)c2O1. The van der Waals surface area contributed by atoms with E-state index in [1.165, 1.54) is 12.5 Å². The molecule has 7 nitrogen and oxygen atoms in total. The van der Waals surface area contributed by atoms with E-state index in [2.05, 4.69) is 12.7 Å². The molecule has 2 heterocycles. The molecule has 0 saturated heterocycles. The van der Waals surface area contributed by atoms with Crippen LogP contribution in [0, 0.1) is 6.92 Å². The van der Waals surface area contributed by atoms with Gasteiger partial charge in [0.15, 0.2) is 5.78 Å². The molecule has 1 aromatic carbocycles. The van der Waals surface area contributed by atoms with Crippen LogP contribution < -0.4 is 10.4 Å². The molecule has 0 amide bonds. The monoisotopic (exact) mass is 468 g/mol. The van der Waals surface area contributed by atoms with E-state index < -0.39 is 23.3 Å². The van der Waals surface area contributed by atoms with Crippen LogP contribution in [0.15, 0.2) is 33.0 Å². The molecule has 182 valence electrons. The van der Waals surface area contributed by atoms with Crippen molar-refractivity contribution in [2.75, 3.05) is 0 Å². The second kappa shape index (κ2) is 9.79. The Balaban J connectivity index is 2.09. The highest BCUT2D eigenvalue weighted by Crippen LogP contribution is 2.49. The van der Waals surface area contributed by atoms with Gasteiger partial charge in [-0.1, -0.05) is 25.2 Å². The molecule has 0 bridgehead atoms. The number of ether oxygens (including phenoxy) is 1. The van der Waals surface area contributed by atoms with E-state index in [1.54, 1.807) is 13.8 Å². The quantitative estimate of drug-likeness (QED) is 0.367. The van der Waals surface area contributed by atoms with Gasteiger partial charge in [-0.25, -0.2) is 4.79 Å². The van der Waals surface area contributed by atoms with E-state index in [0.717, 1.165) is 12.0 Å². The highest BCUT2D eigenvalue weighted by atomic mass is 16.5. The number of Topliss-reactive ketones (excluding diaryl/α,β-unsaturated/α-hetero) is 1. The summed E-state index contributed by atoms with van der Waals surface area (Å²) in [5, 5.41) is 32.4. The van der Waals surface area contributed by atoms with Crippen LogP contribution in [0.2, 0.25) is 0 Å². The predicted molar refractivity (Wildman–Crippen MR) is 129 cm³/mol. The third-order valence-electron chi connectivity index (χ3n) is 6.26. The fraction of sp³-hybridized carbons (Fsp3) is 0.407. The number of hydrogen-bond acceptors (Lipinski definition) is 7. The number of ketones is 1. The zero-order valence-electron chi connectivity index (χ0n) is 20.4. The molecule has 3 rings (SSSR count). The molecule has 0 fully saturated rings. The smallest absolute Gasteiger partial charge is 0.343 e. The van der Waals surface area contributed by atoms with Crippen molar-refractivity contribution in [3.05, 3.63) is 67.8 Å². The minimum absolute atomic E-state index is 0.0539. The van der Waals surface area contributed by atoms with Crippen LogP contribution in [-0.2, 0) is 19.3 Å². The van der Waals surface area contributed by atoms with Gasteiger partial charge in [0.25, 0.3) is 0 Å². The summed E-state index contributed by atoms with van der Waals surface area (Å²) in [4.78, 5) is 24.9. The van der Waals surface area contributed by atoms with Gasteiger partial charge in [-0.3, -0.25) is 4.79 Å². The fourth-order valence-corrected chi connectivity index (χ4v) is 4.32. The first-order chi connectivity index (χ1) is 16.0. The fourth-order valence-electron chi connectivity index (χ4n) is 4.32. The maximum absolute atomic E-state index is 12.6. The van der Waals surface area contributed by atoms with Crippen molar-refractivity contribution in [2.24, 2.45) is 0 Å². The molecule has 7 heteroatoms. The van der Waals surface area contributed by atoms with Crippen LogP contribution >= 0.6 is 0 Å². The Bertz CT molecular complexity index is 1240. The average molecular weight is 469 g/mol. The number of fused-ring (bicyclic) bond motifs is 1. The Labute approximate surface area is 199 Å². The van der Waals surface area contributed by atoms with Gasteiger partial charge in [-0.05, 0) is 46.1 Å². The molecule has 0 saturated carbocycles. The van der Waals surface area contributed by atoms with Crippen LogP contribution in [0.5, 0.6) is 23.0 Å². The zero-order chi connectivity index (χ0) is 25.3. The number of carbonyl (C=O) groups is 1.